The van der Waals surface area contributed by atoms with E-state index in [1.165, 1.54) is 0 Å². The highest BCUT2D eigenvalue weighted by molar-refractivity contribution is 5.78. The third-order valence-corrected chi connectivity index (χ3v) is 2.18. The van der Waals surface area contributed by atoms with Crippen molar-refractivity contribution >= 4 is 5.91 Å². The van der Waals surface area contributed by atoms with Gasteiger partial charge in [-0.25, -0.2) is 0 Å². The minimum absolute atomic E-state index is 0.00754. The fourth-order valence-electron chi connectivity index (χ4n) is 1.30. The maximum atomic E-state index is 11.5. The lowest BCUT2D eigenvalue weighted by Gasteiger charge is -2.14. The van der Waals surface area contributed by atoms with Crippen molar-refractivity contribution in [2.24, 2.45) is 0 Å². The Labute approximate surface area is 96.5 Å². The summed E-state index contributed by atoms with van der Waals surface area (Å²) in [4.78, 5) is 15.7. The van der Waals surface area contributed by atoms with Crippen molar-refractivity contribution < 1.29 is 4.79 Å². The maximum absolute atomic E-state index is 11.5. The summed E-state index contributed by atoms with van der Waals surface area (Å²) in [5.41, 5.74) is 0.875. The highest BCUT2D eigenvalue weighted by atomic mass is 16.1. The molecular weight excluding hydrogens is 202 g/mol. The molecule has 88 valence electrons. The van der Waals surface area contributed by atoms with Crippen LogP contribution in [0.5, 0.6) is 0 Å². The molecule has 0 bridgehead atoms. The summed E-state index contributed by atoms with van der Waals surface area (Å²) in [6.07, 6.45) is 1.73. The third kappa shape index (κ3) is 4.40. The second-order valence-electron chi connectivity index (χ2n) is 4.08. The van der Waals surface area contributed by atoms with Crippen molar-refractivity contribution in [3.63, 3.8) is 0 Å². The molecule has 0 unspecified atom stereocenters. The van der Waals surface area contributed by atoms with Crippen LogP contribution in [0.4, 0.5) is 0 Å². The Balaban J connectivity index is 2.40. The van der Waals surface area contributed by atoms with Crippen molar-refractivity contribution in [3.05, 3.63) is 30.1 Å². The van der Waals surface area contributed by atoms with Gasteiger partial charge in [0.05, 0.1) is 18.3 Å². The number of carbonyl (C=O) groups is 1. The first kappa shape index (κ1) is 12.6. The Morgan fingerprint density at radius 3 is 2.69 bits per heavy atom. The standard InChI is InChI=1S/C12H19N3O/c1-9(2)14-8-12(16)15-10(3)11-6-4-5-7-13-11/h4-7,9-10,14H,8H2,1-3H3,(H,15,16)/t10-/m0/s1. The number of pyridine rings is 1. The summed E-state index contributed by atoms with van der Waals surface area (Å²) in [5.74, 6) is -0.00754. The largest absolute Gasteiger partial charge is 0.347 e. The Morgan fingerprint density at radius 1 is 1.38 bits per heavy atom. The van der Waals surface area contributed by atoms with Gasteiger partial charge in [-0.3, -0.25) is 9.78 Å². The average molecular weight is 221 g/mol. The summed E-state index contributed by atoms with van der Waals surface area (Å²) in [6.45, 7) is 6.29. The number of hydrogen-bond donors (Lipinski definition) is 2. The molecule has 1 rings (SSSR count). The Morgan fingerprint density at radius 2 is 2.12 bits per heavy atom. The molecule has 0 aliphatic heterocycles. The zero-order valence-electron chi connectivity index (χ0n) is 10.0. The number of nitrogens with zero attached hydrogens (tertiary/aromatic N) is 1. The fraction of sp³-hybridized carbons (Fsp3) is 0.500. The first-order chi connectivity index (χ1) is 7.59. The summed E-state index contributed by atoms with van der Waals surface area (Å²) in [5, 5.41) is 5.96. The molecule has 16 heavy (non-hydrogen) atoms. The maximum Gasteiger partial charge on any atom is 0.234 e. The van der Waals surface area contributed by atoms with E-state index in [0.717, 1.165) is 5.69 Å². The van der Waals surface area contributed by atoms with Gasteiger partial charge in [0.2, 0.25) is 5.91 Å². The van der Waals surface area contributed by atoms with E-state index >= 15 is 0 Å². The van der Waals surface area contributed by atoms with Crippen molar-refractivity contribution in [1.29, 1.82) is 0 Å². The summed E-state index contributed by atoms with van der Waals surface area (Å²) < 4.78 is 0. The molecule has 1 aromatic rings. The SMILES string of the molecule is CC(C)NCC(=O)N[C@@H](C)c1ccccn1. The van der Waals surface area contributed by atoms with Gasteiger partial charge in [0.15, 0.2) is 0 Å². The van der Waals surface area contributed by atoms with Crippen LogP contribution in [0.25, 0.3) is 0 Å². The van der Waals surface area contributed by atoms with Crippen molar-refractivity contribution in [3.8, 4) is 0 Å². The first-order valence-electron chi connectivity index (χ1n) is 5.53. The lowest BCUT2D eigenvalue weighted by atomic mass is 10.2. The molecule has 0 aliphatic carbocycles. The molecule has 4 heteroatoms. The average Bonchev–Trinajstić information content (AvgIpc) is 2.27. The van der Waals surface area contributed by atoms with E-state index in [-0.39, 0.29) is 11.9 Å². The monoisotopic (exact) mass is 221 g/mol. The second kappa shape index (κ2) is 6.23. The second-order valence-corrected chi connectivity index (χ2v) is 4.08. The normalized spacial score (nSPS) is 12.5. The minimum atomic E-state index is -0.0531. The van der Waals surface area contributed by atoms with Gasteiger partial charge in [0.25, 0.3) is 0 Å². The van der Waals surface area contributed by atoms with Crippen LogP contribution in [0.3, 0.4) is 0 Å². The zero-order chi connectivity index (χ0) is 12.0. The third-order valence-electron chi connectivity index (χ3n) is 2.18. The molecule has 0 saturated heterocycles. The van der Waals surface area contributed by atoms with Gasteiger partial charge < -0.3 is 10.6 Å². The molecule has 0 saturated carbocycles. The molecule has 1 heterocycles. The van der Waals surface area contributed by atoms with Gasteiger partial charge >= 0.3 is 0 Å². The van der Waals surface area contributed by atoms with Crippen LogP contribution in [0, 0.1) is 0 Å². The van der Waals surface area contributed by atoms with Gasteiger partial charge in [0.1, 0.15) is 0 Å². The van der Waals surface area contributed by atoms with Crippen LogP contribution in [-0.4, -0.2) is 23.5 Å². The highest BCUT2D eigenvalue weighted by Crippen LogP contribution is 2.06. The number of carbonyl (C=O) groups excluding carboxylic acids is 1. The minimum Gasteiger partial charge on any atom is -0.347 e. The molecule has 0 spiro atoms. The lowest BCUT2D eigenvalue weighted by Crippen LogP contribution is -2.38. The lowest BCUT2D eigenvalue weighted by molar-refractivity contribution is -0.121. The van der Waals surface area contributed by atoms with Gasteiger partial charge in [0, 0.05) is 12.2 Å². The zero-order valence-corrected chi connectivity index (χ0v) is 10.0. The quantitative estimate of drug-likeness (QED) is 0.787. The number of nitrogens with one attached hydrogen (secondary N) is 2. The highest BCUT2D eigenvalue weighted by Gasteiger charge is 2.09. The summed E-state index contributed by atoms with van der Waals surface area (Å²) in [6, 6.07) is 5.94. The topological polar surface area (TPSA) is 54.0 Å². The molecule has 4 nitrogen and oxygen atoms in total. The van der Waals surface area contributed by atoms with E-state index in [0.29, 0.717) is 12.6 Å². The van der Waals surface area contributed by atoms with Crippen LogP contribution in [0.15, 0.2) is 24.4 Å². The molecule has 0 fully saturated rings. The molecular formula is C12H19N3O. The Kier molecular flexibility index (Phi) is 4.92. The number of rotatable bonds is 5. The van der Waals surface area contributed by atoms with Gasteiger partial charge in [-0.1, -0.05) is 19.9 Å². The van der Waals surface area contributed by atoms with Crippen LogP contribution in [0.1, 0.15) is 32.5 Å². The predicted octanol–water partition coefficient (Wildman–Crippen LogP) is 1.26. The molecule has 1 aromatic heterocycles. The molecule has 1 amide bonds. The van der Waals surface area contributed by atoms with E-state index in [4.69, 9.17) is 0 Å². The number of amides is 1. The van der Waals surface area contributed by atoms with E-state index in [9.17, 15) is 4.79 Å². The predicted molar refractivity (Wildman–Crippen MR) is 63.9 cm³/mol. The van der Waals surface area contributed by atoms with Crippen LogP contribution in [0.2, 0.25) is 0 Å². The van der Waals surface area contributed by atoms with Crippen molar-refractivity contribution in [2.75, 3.05) is 6.54 Å². The summed E-state index contributed by atoms with van der Waals surface area (Å²) >= 11 is 0. The van der Waals surface area contributed by atoms with Crippen molar-refractivity contribution in [1.82, 2.24) is 15.6 Å². The molecule has 1 atom stereocenters. The molecule has 0 aromatic carbocycles. The number of aromatic nitrogens is 1. The van der Waals surface area contributed by atoms with Gasteiger partial charge in [-0.15, -0.1) is 0 Å². The van der Waals surface area contributed by atoms with Crippen LogP contribution < -0.4 is 10.6 Å². The van der Waals surface area contributed by atoms with E-state index in [1.807, 2.05) is 39.0 Å². The van der Waals surface area contributed by atoms with E-state index in [2.05, 4.69) is 15.6 Å². The molecule has 2 N–H and O–H groups in total. The van der Waals surface area contributed by atoms with Crippen LogP contribution in [-0.2, 0) is 4.79 Å². The molecule has 0 aliphatic rings. The van der Waals surface area contributed by atoms with E-state index < -0.39 is 0 Å². The Bertz CT molecular complexity index is 324. The van der Waals surface area contributed by atoms with Crippen molar-refractivity contribution in [2.45, 2.75) is 32.9 Å². The van der Waals surface area contributed by atoms with Gasteiger partial charge in [-0.2, -0.15) is 0 Å². The van der Waals surface area contributed by atoms with Crippen LogP contribution >= 0.6 is 0 Å². The smallest absolute Gasteiger partial charge is 0.234 e. The molecule has 0 radical (unpaired) electrons. The first-order valence-corrected chi connectivity index (χ1v) is 5.53. The van der Waals surface area contributed by atoms with Gasteiger partial charge in [-0.05, 0) is 19.1 Å². The Hall–Kier alpha value is -1.42. The summed E-state index contributed by atoms with van der Waals surface area (Å²) in [7, 11) is 0. The number of hydrogen-bond acceptors (Lipinski definition) is 3. The fourth-order valence-corrected chi connectivity index (χ4v) is 1.30. The van der Waals surface area contributed by atoms with E-state index in [1.54, 1.807) is 6.20 Å².